The summed E-state index contributed by atoms with van der Waals surface area (Å²) in [5, 5.41) is 0. The summed E-state index contributed by atoms with van der Waals surface area (Å²) in [6.45, 7) is 2.89. The highest BCUT2D eigenvalue weighted by Crippen LogP contribution is 2.31. The molecule has 0 saturated carbocycles. The average Bonchev–Trinajstić information content (AvgIpc) is 2.65. The Morgan fingerprint density at radius 2 is 2.20 bits per heavy atom. The van der Waals surface area contributed by atoms with E-state index in [1.807, 2.05) is 0 Å². The summed E-state index contributed by atoms with van der Waals surface area (Å²) in [6.07, 6.45) is 3.50. The van der Waals surface area contributed by atoms with Crippen LogP contribution < -0.4 is 0 Å². The zero-order chi connectivity index (χ0) is 14.7. The summed E-state index contributed by atoms with van der Waals surface area (Å²) in [7, 11) is 0. The monoisotopic (exact) mass is 333 g/mol. The Hall–Kier alpha value is -0.580. The van der Waals surface area contributed by atoms with E-state index in [0.29, 0.717) is 33.1 Å². The van der Waals surface area contributed by atoms with E-state index < -0.39 is 0 Å². The molecule has 3 nitrogen and oxygen atoms in total. The van der Waals surface area contributed by atoms with E-state index in [0.717, 1.165) is 19.3 Å². The van der Waals surface area contributed by atoms with Crippen LogP contribution in [0.4, 0.5) is 0 Å². The molecule has 1 atom stereocenters. The number of Topliss-reactive ketones (excluding diaryl/α,β-unsaturated/α-hetero) is 1. The fourth-order valence-electron chi connectivity index (χ4n) is 2.46. The number of halogens is 2. The van der Waals surface area contributed by atoms with Gasteiger partial charge in [-0.15, -0.1) is 11.3 Å². The molecule has 2 heterocycles. The molecule has 1 aromatic heterocycles. The SMILES string of the molecule is CCC1CCC(=O)N(CC(=O)c2cc(Cl)sc2Cl)CC1. The van der Waals surface area contributed by atoms with Crippen molar-refractivity contribution in [3.63, 3.8) is 0 Å². The molecule has 1 saturated heterocycles. The third-order valence-corrected chi connectivity index (χ3v) is 5.28. The van der Waals surface area contributed by atoms with Crippen LogP contribution in [0.2, 0.25) is 8.67 Å². The lowest BCUT2D eigenvalue weighted by Crippen LogP contribution is -2.35. The molecule has 0 radical (unpaired) electrons. The molecule has 20 heavy (non-hydrogen) atoms. The van der Waals surface area contributed by atoms with Crippen LogP contribution in [0, 0.1) is 5.92 Å². The minimum absolute atomic E-state index is 0.0618. The van der Waals surface area contributed by atoms with Crippen LogP contribution in [0.3, 0.4) is 0 Å². The fourth-order valence-corrected chi connectivity index (χ4v) is 3.96. The molecule has 0 aromatic carbocycles. The van der Waals surface area contributed by atoms with Crippen molar-refractivity contribution in [2.45, 2.75) is 32.6 Å². The number of likely N-dealkylation sites (tertiary alicyclic amines) is 1. The van der Waals surface area contributed by atoms with Crippen molar-refractivity contribution >= 4 is 46.2 Å². The second-order valence-corrected chi connectivity index (χ2v) is 7.36. The lowest BCUT2D eigenvalue weighted by atomic mass is 9.98. The summed E-state index contributed by atoms with van der Waals surface area (Å²) < 4.78 is 0.889. The van der Waals surface area contributed by atoms with Crippen LogP contribution in [0.15, 0.2) is 6.07 Å². The summed E-state index contributed by atoms with van der Waals surface area (Å²) in [5.41, 5.74) is 0.422. The van der Waals surface area contributed by atoms with Gasteiger partial charge in [0.25, 0.3) is 0 Å². The highest BCUT2D eigenvalue weighted by molar-refractivity contribution is 7.20. The van der Waals surface area contributed by atoms with Gasteiger partial charge in [0, 0.05) is 13.0 Å². The average molecular weight is 334 g/mol. The Balaban J connectivity index is 2.03. The van der Waals surface area contributed by atoms with Crippen LogP contribution in [-0.2, 0) is 4.79 Å². The van der Waals surface area contributed by atoms with Crippen LogP contribution in [-0.4, -0.2) is 29.7 Å². The van der Waals surface area contributed by atoms with E-state index in [1.54, 1.807) is 11.0 Å². The summed E-state index contributed by atoms with van der Waals surface area (Å²) >= 11 is 13.0. The highest BCUT2D eigenvalue weighted by atomic mass is 35.5. The van der Waals surface area contributed by atoms with E-state index in [-0.39, 0.29) is 18.2 Å². The predicted molar refractivity (Wildman–Crippen MR) is 82.9 cm³/mol. The van der Waals surface area contributed by atoms with Crippen LogP contribution in [0.1, 0.15) is 43.0 Å². The Kier molecular flexibility index (Phi) is 5.47. The number of ketones is 1. The Bertz CT molecular complexity index is 515. The third kappa shape index (κ3) is 3.74. The van der Waals surface area contributed by atoms with Gasteiger partial charge in [0.15, 0.2) is 5.78 Å². The molecule has 1 unspecified atom stereocenters. The summed E-state index contributed by atoms with van der Waals surface area (Å²) in [4.78, 5) is 25.9. The molecular formula is C14H17Cl2NO2S. The molecule has 0 aliphatic carbocycles. The number of nitrogens with zero attached hydrogens (tertiary/aromatic N) is 1. The summed E-state index contributed by atoms with van der Waals surface area (Å²) in [5.74, 6) is 0.506. The van der Waals surface area contributed by atoms with Gasteiger partial charge in [0.2, 0.25) is 5.91 Å². The largest absolute Gasteiger partial charge is 0.335 e. The number of rotatable bonds is 4. The lowest BCUT2D eigenvalue weighted by Gasteiger charge is -2.19. The van der Waals surface area contributed by atoms with Gasteiger partial charge in [-0.2, -0.15) is 0 Å². The smallest absolute Gasteiger partial charge is 0.222 e. The third-order valence-electron chi connectivity index (χ3n) is 3.80. The van der Waals surface area contributed by atoms with Crippen molar-refractivity contribution in [1.82, 2.24) is 4.90 Å². The number of hydrogen-bond donors (Lipinski definition) is 0. The van der Waals surface area contributed by atoms with E-state index in [4.69, 9.17) is 23.2 Å². The van der Waals surface area contributed by atoms with Gasteiger partial charge in [-0.1, -0.05) is 36.5 Å². The number of carbonyl (C=O) groups excluding carboxylic acids is 2. The number of thiophene rings is 1. The normalized spacial score (nSPS) is 20.1. The zero-order valence-corrected chi connectivity index (χ0v) is 13.7. The minimum Gasteiger partial charge on any atom is -0.335 e. The Labute approximate surface area is 132 Å². The van der Waals surface area contributed by atoms with Crippen molar-refractivity contribution < 1.29 is 9.59 Å². The predicted octanol–water partition coefficient (Wildman–Crippen LogP) is 4.28. The molecule has 0 spiro atoms. The molecular weight excluding hydrogens is 317 g/mol. The molecule has 1 aliphatic heterocycles. The maximum Gasteiger partial charge on any atom is 0.222 e. The standard InChI is InChI=1S/C14H17Cl2NO2S/c1-2-9-3-4-13(19)17(6-5-9)8-11(18)10-7-12(15)20-14(10)16/h7,9H,2-6,8H2,1H3. The fraction of sp³-hybridized carbons (Fsp3) is 0.571. The van der Waals surface area contributed by atoms with Gasteiger partial charge in [0.05, 0.1) is 16.4 Å². The van der Waals surface area contributed by atoms with Gasteiger partial charge in [-0.3, -0.25) is 9.59 Å². The number of amides is 1. The first-order valence-corrected chi connectivity index (χ1v) is 8.34. The number of carbonyl (C=O) groups is 2. The van der Waals surface area contributed by atoms with E-state index in [9.17, 15) is 9.59 Å². The Morgan fingerprint density at radius 1 is 1.45 bits per heavy atom. The molecule has 1 fully saturated rings. The quantitative estimate of drug-likeness (QED) is 0.771. The van der Waals surface area contributed by atoms with Crippen molar-refractivity contribution in [1.29, 1.82) is 0 Å². The van der Waals surface area contributed by atoms with E-state index >= 15 is 0 Å². The molecule has 0 N–H and O–H groups in total. The minimum atomic E-state index is -0.138. The van der Waals surface area contributed by atoms with Gasteiger partial charge < -0.3 is 4.90 Å². The first-order valence-electron chi connectivity index (χ1n) is 6.77. The van der Waals surface area contributed by atoms with Gasteiger partial charge >= 0.3 is 0 Å². The van der Waals surface area contributed by atoms with Gasteiger partial charge in [0.1, 0.15) is 4.34 Å². The second-order valence-electron chi connectivity index (χ2n) is 5.08. The molecule has 110 valence electrons. The maximum absolute atomic E-state index is 12.2. The molecule has 0 bridgehead atoms. The second kappa shape index (κ2) is 6.92. The first-order chi connectivity index (χ1) is 9.51. The van der Waals surface area contributed by atoms with Gasteiger partial charge in [-0.25, -0.2) is 0 Å². The molecule has 1 amide bonds. The summed E-state index contributed by atoms with van der Waals surface area (Å²) in [6, 6.07) is 1.58. The van der Waals surface area contributed by atoms with E-state index in [1.165, 1.54) is 11.3 Å². The van der Waals surface area contributed by atoms with Gasteiger partial charge in [-0.05, 0) is 24.8 Å². The van der Waals surface area contributed by atoms with Crippen molar-refractivity contribution in [3.8, 4) is 0 Å². The van der Waals surface area contributed by atoms with Crippen LogP contribution >= 0.6 is 34.5 Å². The maximum atomic E-state index is 12.2. The highest BCUT2D eigenvalue weighted by Gasteiger charge is 2.25. The lowest BCUT2D eigenvalue weighted by molar-refractivity contribution is -0.130. The zero-order valence-electron chi connectivity index (χ0n) is 11.3. The van der Waals surface area contributed by atoms with E-state index in [2.05, 4.69) is 6.92 Å². The number of hydrogen-bond acceptors (Lipinski definition) is 3. The van der Waals surface area contributed by atoms with Crippen molar-refractivity contribution in [3.05, 3.63) is 20.3 Å². The molecule has 1 aliphatic rings. The van der Waals surface area contributed by atoms with Crippen molar-refractivity contribution in [2.75, 3.05) is 13.1 Å². The van der Waals surface area contributed by atoms with Crippen LogP contribution in [0.25, 0.3) is 0 Å². The first kappa shape index (κ1) is 15.8. The molecule has 2 rings (SSSR count). The topological polar surface area (TPSA) is 37.4 Å². The van der Waals surface area contributed by atoms with Crippen molar-refractivity contribution in [2.24, 2.45) is 5.92 Å². The van der Waals surface area contributed by atoms with Crippen LogP contribution in [0.5, 0.6) is 0 Å². The molecule has 1 aromatic rings. The Morgan fingerprint density at radius 3 is 2.80 bits per heavy atom. The molecule has 6 heteroatoms.